The summed E-state index contributed by atoms with van der Waals surface area (Å²) >= 11 is 0. The normalized spacial score (nSPS) is 17.7. The van der Waals surface area contributed by atoms with E-state index < -0.39 is 0 Å². The lowest BCUT2D eigenvalue weighted by molar-refractivity contribution is -0.134. The van der Waals surface area contributed by atoms with Crippen LogP contribution < -0.4 is 5.32 Å². The molecule has 0 saturated carbocycles. The summed E-state index contributed by atoms with van der Waals surface area (Å²) in [6.07, 6.45) is 2.64. The maximum Gasteiger partial charge on any atom is 0.239 e. The van der Waals surface area contributed by atoms with E-state index in [1.165, 1.54) is 11.1 Å². The molecule has 0 aliphatic carbocycles. The summed E-state index contributed by atoms with van der Waals surface area (Å²) in [7, 11) is 3.53. The van der Waals surface area contributed by atoms with Crippen molar-refractivity contribution >= 4 is 11.8 Å². The molecule has 1 heterocycles. The first-order valence-electron chi connectivity index (χ1n) is 9.19. The zero-order valence-electron chi connectivity index (χ0n) is 15.9. The summed E-state index contributed by atoms with van der Waals surface area (Å²) in [4.78, 5) is 28.0. The molecule has 1 N–H and O–H groups in total. The lowest BCUT2D eigenvalue weighted by Crippen LogP contribution is -2.46. The Labute approximate surface area is 151 Å². The van der Waals surface area contributed by atoms with Gasteiger partial charge in [-0.05, 0) is 42.9 Å². The van der Waals surface area contributed by atoms with Crippen molar-refractivity contribution in [1.82, 2.24) is 15.1 Å². The molecule has 0 aromatic heterocycles. The monoisotopic (exact) mass is 345 g/mol. The zero-order valence-corrected chi connectivity index (χ0v) is 15.9. The number of hydrogen-bond acceptors (Lipinski definition) is 3. The van der Waals surface area contributed by atoms with Gasteiger partial charge in [-0.3, -0.25) is 14.5 Å². The van der Waals surface area contributed by atoms with Crippen LogP contribution in [0.3, 0.4) is 0 Å². The number of likely N-dealkylation sites (tertiary alicyclic amines) is 1. The van der Waals surface area contributed by atoms with Crippen LogP contribution in [0.5, 0.6) is 0 Å². The summed E-state index contributed by atoms with van der Waals surface area (Å²) in [6, 6.07) is 8.43. The molecule has 0 spiro atoms. The number of rotatable bonds is 7. The number of likely N-dealkylation sites (N-methyl/N-ethyl adjacent to an activating group) is 1. The summed E-state index contributed by atoms with van der Waals surface area (Å²) in [5.74, 6) is 0.625. The second-order valence-electron chi connectivity index (χ2n) is 7.36. The van der Waals surface area contributed by atoms with Crippen molar-refractivity contribution in [1.29, 1.82) is 0 Å². The maximum atomic E-state index is 12.2. The van der Waals surface area contributed by atoms with Crippen LogP contribution in [0.15, 0.2) is 24.3 Å². The van der Waals surface area contributed by atoms with E-state index in [9.17, 15) is 9.59 Å². The summed E-state index contributed by atoms with van der Waals surface area (Å²) in [5.41, 5.74) is 2.56. The molecule has 2 rings (SSSR count). The van der Waals surface area contributed by atoms with Gasteiger partial charge in [0.05, 0.1) is 12.6 Å². The van der Waals surface area contributed by atoms with Crippen molar-refractivity contribution < 1.29 is 9.59 Å². The largest absolute Gasteiger partial charge is 0.355 e. The smallest absolute Gasteiger partial charge is 0.239 e. The van der Waals surface area contributed by atoms with Crippen molar-refractivity contribution in [3.63, 3.8) is 0 Å². The highest BCUT2D eigenvalue weighted by atomic mass is 16.2. The highest BCUT2D eigenvalue weighted by Gasteiger charge is 2.32. The molecule has 1 fully saturated rings. The molecular weight excluding hydrogens is 314 g/mol. The molecule has 0 bridgehead atoms. The molecule has 1 aromatic rings. The molecule has 1 atom stereocenters. The Morgan fingerprint density at radius 2 is 1.92 bits per heavy atom. The van der Waals surface area contributed by atoms with E-state index in [2.05, 4.69) is 43.4 Å². The third-order valence-corrected chi connectivity index (χ3v) is 4.82. The van der Waals surface area contributed by atoms with Crippen LogP contribution in [0.25, 0.3) is 0 Å². The lowest BCUT2D eigenvalue weighted by Gasteiger charge is -2.25. The Hall–Kier alpha value is -1.88. The zero-order chi connectivity index (χ0) is 18.4. The van der Waals surface area contributed by atoms with Gasteiger partial charge in [-0.15, -0.1) is 0 Å². The van der Waals surface area contributed by atoms with E-state index in [4.69, 9.17) is 0 Å². The Morgan fingerprint density at radius 1 is 1.24 bits per heavy atom. The van der Waals surface area contributed by atoms with E-state index in [1.807, 2.05) is 4.90 Å². The van der Waals surface area contributed by atoms with Gasteiger partial charge in [0.25, 0.3) is 0 Å². The summed E-state index contributed by atoms with van der Waals surface area (Å²) in [6.45, 7) is 6.11. The number of amides is 2. The minimum absolute atomic E-state index is 0.00254. The second kappa shape index (κ2) is 8.99. The number of carbonyl (C=O) groups is 2. The maximum absolute atomic E-state index is 12.2. The van der Waals surface area contributed by atoms with Crippen molar-refractivity contribution in [3.05, 3.63) is 35.4 Å². The molecule has 0 radical (unpaired) electrons. The number of nitrogens with zero attached hydrogens (tertiary/aromatic N) is 2. The quantitative estimate of drug-likeness (QED) is 0.823. The Balaban J connectivity index is 1.76. The standard InChI is InChI=1S/C20H31N3O2/c1-15(2)17-9-7-16(8-10-17)11-12-21-19(24)14-23-13-5-6-18(23)20(25)22(3)4/h7-10,15,18H,5-6,11-14H2,1-4H3,(H,21,24). The van der Waals surface area contributed by atoms with Crippen molar-refractivity contribution in [2.45, 2.75) is 45.1 Å². The first kappa shape index (κ1) is 19.4. The van der Waals surface area contributed by atoms with Crippen LogP contribution in [-0.2, 0) is 16.0 Å². The van der Waals surface area contributed by atoms with Gasteiger partial charge in [-0.2, -0.15) is 0 Å². The van der Waals surface area contributed by atoms with Gasteiger partial charge in [0.1, 0.15) is 0 Å². The fourth-order valence-electron chi connectivity index (χ4n) is 3.25. The van der Waals surface area contributed by atoms with Gasteiger partial charge in [-0.1, -0.05) is 38.1 Å². The SMILES string of the molecule is CC(C)c1ccc(CCNC(=O)CN2CCCC2C(=O)N(C)C)cc1. The molecule has 1 aliphatic rings. The van der Waals surface area contributed by atoms with Gasteiger partial charge < -0.3 is 10.2 Å². The third-order valence-electron chi connectivity index (χ3n) is 4.82. The predicted octanol–water partition coefficient (Wildman–Crippen LogP) is 2.02. The molecule has 138 valence electrons. The molecule has 1 unspecified atom stereocenters. The first-order chi connectivity index (χ1) is 11.9. The number of hydrogen-bond donors (Lipinski definition) is 1. The minimum Gasteiger partial charge on any atom is -0.355 e. The van der Waals surface area contributed by atoms with Crippen LogP contribution in [0, 0.1) is 0 Å². The van der Waals surface area contributed by atoms with Gasteiger partial charge >= 0.3 is 0 Å². The topological polar surface area (TPSA) is 52.7 Å². The van der Waals surface area contributed by atoms with Gasteiger partial charge in [0.15, 0.2) is 0 Å². The van der Waals surface area contributed by atoms with Crippen molar-refractivity contribution in [2.24, 2.45) is 0 Å². The lowest BCUT2D eigenvalue weighted by atomic mass is 10.0. The summed E-state index contributed by atoms with van der Waals surface area (Å²) < 4.78 is 0. The summed E-state index contributed by atoms with van der Waals surface area (Å²) in [5, 5.41) is 2.98. The van der Waals surface area contributed by atoms with Crippen LogP contribution in [0.2, 0.25) is 0 Å². The molecule has 5 nitrogen and oxygen atoms in total. The Kier molecular flexibility index (Phi) is 7.00. The van der Waals surface area contributed by atoms with E-state index in [-0.39, 0.29) is 17.9 Å². The minimum atomic E-state index is -0.149. The van der Waals surface area contributed by atoms with Gasteiger partial charge in [-0.25, -0.2) is 0 Å². The van der Waals surface area contributed by atoms with Crippen LogP contribution in [-0.4, -0.2) is 61.4 Å². The molecule has 25 heavy (non-hydrogen) atoms. The van der Waals surface area contributed by atoms with Crippen molar-refractivity contribution in [2.75, 3.05) is 33.7 Å². The average Bonchev–Trinajstić information content (AvgIpc) is 3.02. The second-order valence-corrected chi connectivity index (χ2v) is 7.36. The highest BCUT2D eigenvalue weighted by Crippen LogP contribution is 2.18. The predicted molar refractivity (Wildman–Crippen MR) is 101 cm³/mol. The van der Waals surface area contributed by atoms with E-state index in [0.29, 0.717) is 19.0 Å². The molecule has 1 saturated heterocycles. The molecule has 5 heteroatoms. The Bertz CT molecular complexity index is 581. The van der Waals surface area contributed by atoms with Gasteiger partial charge in [0, 0.05) is 20.6 Å². The molecule has 2 amide bonds. The van der Waals surface area contributed by atoms with E-state index in [1.54, 1.807) is 19.0 Å². The van der Waals surface area contributed by atoms with E-state index in [0.717, 1.165) is 25.8 Å². The highest BCUT2D eigenvalue weighted by molar-refractivity contribution is 5.83. The van der Waals surface area contributed by atoms with Crippen molar-refractivity contribution in [3.8, 4) is 0 Å². The molecular formula is C20H31N3O2. The van der Waals surface area contributed by atoms with E-state index >= 15 is 0 Å². The fraction of sp³-hybridized carbons (Fsp3) is 0.600. The number of benzene rings is 1. The van der Waals surface area contributed by atoms with Crippen LogP contribution >= 0.6 is 0 Å². The Morgan fingerprint density at radius 3 is 2.52 bits per heavy atom. The molecule has 1 aromatic carbocycles. The third kappa shape index (κ3) is 5.56. The first-order valence-corrected chi connectivity index (χ1v) is 9.19. The van der Waals surface area contributed by atoms with Gasteiger partial charge in [0.2, 0.25) is 11.8 Å². The van der Waals surface area contributed by atoms with Crippen LogP contribution in [0.1, 0.15) is 43.7 Å². The fourth-order valence-corrected chi connectivity index (χ4v) is 3.25. The average molecular weight is 345 g/mol. The van der Waals surface area contributed by atoms with Crippen LogP contribution in [0.4, 0.5) is 0 Å². The number of nitrogens with one attached hydrogen (secondary N) is 1. The molecule has 1 aliphatic heterocycles. The number of carbonyl (C=O) groups excluding carboxylic acids is 2.